The van der Waals surface area contributed by atoms with Crippen LogP contribution in [0.25, 0.3) is 0 Å². The number of benzene rings is 1. The van der Waals surface area contributed by atoms with Gasteiger partial charge in [0.2, 0.25) is 5.91 Å². The minimum atomic E-state index is -0.727. The number of carbonyl (C=O) groups is 4. The van der Waals surface area contributed by atoms with Crippen LogP contribution in [0.4, 0.5) is 5.69 Å². The molecule has 25 heavy (non-hydrogen) atoms. The lowest BCUT2D eigenvalue weighted by Gasteiger charge is -2.35. The zero-order valence-corrected chi connectivity index (χ0v) is 13.9. The van der Waals surface area contributed by atoms with Crippen molar-refractivity contribution in [3.63, 3.8) is 0 Å². The quantitative estimate of drug-likeness (QED) is 0.478. The molecule has 2 heterocycles. The Morgan fingerprint density at radius 3 is 2.76 bits per heavy atom. The summed E-state index contributed by atoms with van der Waals surface area (Å²) >= 11 is 0. The fourth-order valence-corrected chi connectivity index (χ4v) is 3.28. The lowest BCUT2D eigenvalue weighted by molar-refractivity contribution is -0.153. The molecule has 1 atom stereocenters. The fourth-order valence-electron chi connectivity index (χ4n) is 3.28. The zero-order chi connectivity index (χ0) is 18.1. The van der Waals surface area contributed by atoms with E-state index >= 15 is 0 Å². The molecular formula is C17H19N3O5. The van der Waals surface area contributed by atoms with Crippen LogP contribution in [0.1, 0.15) is 35.2 Å². The first-order valence-corrected chi connectivity index (χ1v) is 8.03. The number of esters is 1. The molecule has 3 amide bonds. The number of carbonyl (C=O) groups excluding carboxylic acids is 4. The van der Waals surface area contributed by atoms with Crippen molar-refractivity contribution in [2.75, 3.05) is 19.4 Å². The molecule has 0 aromatic heterocycles. The summed E-state index contributed by atoms with van der Waals surface area (Å²) in [5.74, 6) is -1.56. The molecule has 2 aliphatic heterocycles. The average Bonchev–Trinajstić information content (AvgIpc) is 2.93. The fraction of sp³-hybridized carbons (Fsp3) is 0.412. The Labute approximate surface area is 144 Å². The number of anilines is 1. The summed E-state index contributed by atoms with van der Waals surface area (Å²) in [6.07, 6.45) is 0.348. The van der Waals surface area contributed by atoms with E-state index in [4.69, 9.17) is 5.73 Å². The molecule has 1 unspecified atom stereocenters. The number of ether oxygens (including phenoxy) is 1. The SMILES string of the molecule is COC(=O)CCN1C(=O)CCC(N2Cc3c(N)cccc3C2=O)C1=O. The van der Waals surface area contributed by atoms with Gasteiger partial charge in [-0.15, -0.1) is 0 Å². The summed E-state index contributed by atoms with van der Waals surface area (Å²) in [4.78, 5) is 51.2. The topological polar surface area (TPSA) is 110 Å². The number of rotatable bonds is 4. The molecule has 2 aliphatic rings. The van der Waals surface area contributed by atoms with Gasteiger partial charge in [0.05, 0.1) is 13.5 Å². The molecule has 1 aromatic carbocycles. The lowest BCUT2D eigenvalue weighted by atomic mass is 10.0. The maximum absolute atomic E-state index is 12.7. The van der Waals surface area contributed by atoms with Crippen molar-refractivity contribution in [1.29, 1.82) is 0 Å². The Kier molecular flexibility index (Phi) is 4.43. The van der Waals surface area contributed by atoms with E-state index in [9.17, 15) is 19.2 Å². The Morgan fingerprint density at radius 1 is 1.32 bits per heavy atom. The number of methoxy groups -OCH3 is 1. The number of nitrogen functional groups attached to an aromatic ring is 1. The normalized spacial score (nSPS) is 20.0. The van der Waals surface area contributed by atoms with Gasteiger partial charge in [-0.2, -0.15) is 0 Å². The first-order chi connectivity index (χ1) is 11.9. The predicted octanol–water partition coefficient (Wildman–Crippen LogP) is 0.305. The predicted molar refractivity (Wildman–Crippen MR) is 87.1 cm³/mol. The monoisotopic (exact) mass is 345 g/mol. The molecule has 2 N–H and O–H groups in total. The third kappa shape index (κ3) is 2.95. The van der Waals surface area contributed by atoms with Gasteiger partial charge in [0.1, 0.15) is 6.04 Å². The van der Waals surface area contributed by atoms with Crippen LogP contribution < -0.4 is 5.73 Å². The second kappa shape index (κ2) is 6.54. The number of fused-ring (bicyclic) bond motifs is 1. The maximum atomic E-state index is 12.7. The van der Waals surface area contributed by atoms with Gasteiger partial charge in [-0.3, -0.25) is 24.1 Å². The van der Waals surface area contributed by atoms with Crippen molar-refractivity contribution >= 4 is 29.4 Å². The van der Waals surface area contributed by atoms with Gasteiger partial charge in [-0.05, 0) is 18.6 Å². The van der Waals surface area contributed by atoms with Crippen molar-refractivity contribution in [2.45, 2.75) is 31.8 Å². The van der Waals surface area contributed by atoms with E-state index in [1.165, 1.54) is 12.0 Å². The van der Waals surface area contributed by atoms with E-state index in [1.807, 2.05) is 0 Å². The summed E-state index contributed by atoms with van der Waals surface area (Å²) in [5, 5.41) is 0. The van der Waals surface area contributed by atoms with Crippen LogP contribution in [0, 0.1) is 0 Å². The van der Waals surface area contributed by atoms with E-state index in [2.05, 4.69) is 4.74 Å². The van der Waals surface area contributed by atoms with Gasteiger partial charge >= 0.3 is 5.97 Å². The largest absolute Gasteiger partial charge is 0.469 e. The molecule has 0 radical (unpaired) electrons. The maximum Gasteiger partial charge on any atom is 0.307 e. The Hall–Kier alpha value is -2.90. The number of amides is 3. The summed E-state index contributed by atoms with van der Waals surface area (Å²) in [7, 11) is 1.25. The zero-order valence-electron chi connectivity index (χ0n) is 13.9. The van der Waals surface area contributed by atoms with Gasteiger partial charge < -0.3 is 15.4 Å². The Bertz CT molecular complexity index is 761. The second-order valence-corrected chi connectivity index (χ2v) is 6.07. The van der Waals surface area contributed by atoms with E-state index in [-0.39, 0.29) is 44.2 Å². The summed E-state index contributed by atoms with van der Waals surface area (Å²) in [5.41, 5.74) is 7.63. The first-order valence-electron chi connectivity index (χ1n) is 8.03. The van der Waals surface area contributed by atoms with Crippen molar-refractivity contribution in [3.8, 4) is 0 Å². The van der Waals surface area contributed by atoms with E-state index in [0.717, 1.165) is 4.90 Å². The van der Waals surface area contributed by atoms with Gasteiger partial charge in [0.15, 0.2) is 0 Å². The lowest BCUT2D eigenvalue weighted by Crippen LogP contribution is -2.55. The molecule has 0 saturated carbocycles. The molecule has 8 nitrogen and oxygen atoms in total. The van der Waals surface area contributed by atoms with E-state index < -0.39 is 17.9 Å². The van der Waals surface area contributed by atoms with Gasteiger partial charge in [0.25, 0.3) is 11.8 Å². The Balaban J connectivity index is 1.78. The van der Waals surface area contributed by atoms with Gasteiger partial charge in [0, 0.05) is 36.3 Å². The van der Waals surface area contributed by atoms with Crippen LogP contribution >= 0.6 is 0 Å². The van der Waals surface area contributed by atoms with Gasteiger partial charge in [-0.25, -0.2) is 0 Å². The van der Waals surface area contributed by atoms with E-state index in [1.54, 1.807) is 18.2 Å². The molecule has 132 valence electrons. The van der Waals surface area contributed by atoms with Crippen LogP contribution in [0.5, 0.6) is 0 Å². The van der Waals surface area contributed by atoms with Crippen molar-refractivity contribution in [1.82, 2.24) is 9.80 Å². The molecular weight excluding hydrogens is 326 g/mol. The molecule has 0 aliphatic carbocycles. The highest BCUT2D eigenvalue weighted by Crippen LogP contribution is 2.31. The number of imide groups is 1. The molecule has 1 aromatic rings. The molecule has 3 rings (SSSR count). The van der Waals surface area contributed by atoms with Crippen LogP contribution in [0.2, 0.25) is 0 Å². The number of nitrogens with zero attached hydrogens (tertiary/aromatic N) is 2. The number of hydrogen-bond acceptors (Lipinski definition) is 6. The highest BCUT2D eigenvalue weighted by Gasteiger charge is 2.42. The molecule has 1 saturated heterocycles. The number of nitrogens with two attached hydrogens (primary N) is 1. The highest BCUT2D eigenvalue weighted by atomic mass is 16.5. The van der Waals surface area contributed by atoms with Gasteiger partial charge in [-0.1, -0.05) is 6.07 Å². The molecule has 8 heteroatoms. The van der Waals surface area contributed by atoms with Crippen molar-refractivity contribution in [3.05, 3.63) is 29.3 Å². The third-order valence-corrected chi connectivity index (χ3v) is 4.66. The summed E-state index contributed by atoms with van der Waals surface area (Å²) < 4.78 is 4.54. The first kappa shape index (κ1) is 16.9. The van der Waals surface area contributed by atoms with Crippen LogP contribution in [-0.2, 0) is 25.7 Å². The molecule has 0 bridgehead atoms. The van der Waals surface area contributed by atoms with Crippen LogP contribution in [-0.4, -0.2) is 53.2 Å². The smallest absolute Gasteiger partial charge is 0.307 e. The van der Waals surface area contributed by atoms with Crippen molar-refractivity contribution < 1.29 is 23.9 Å². The van der Waals surface area contributed by atoms with Crippen LogP contribution in [0.15, 0.2) is 18.2 Å². The number of likely N-dealkylation sites (tertiary alicyclic amines) is 1. The average molecular weight is 345 g/mol. The minimum Gasteiger partial charge on any atom is -0.469 e. The Morgan fingerprint density at radius 2 is 2.08 bits per heavy atom. The standard InChI is InChI=1S/C17H19N3O5/c1-25-15(22)7-8-19-14(21)6-5-13(17(19)24)20-9-11-10(16(20)23)3-2-4-12(11)18/h2-4,13H,5-9,18H2,1H3. The summed E-state index contributed by atoms with van der Waals surface area (Å²) in [6.45, 7) is 0.203. The summed E-state index contributed by atoms with van der Waals surface area (Å²) in [6, 6.07) is 4.37. The minimum absolute atomic E-state index is 0.0437. The van der Waals surface area contributed by atoms with Crippen molar-refractivity contribution in [2.24, 2.45) is 0 Å². The molecule has 1 fully saturated rings. The highest BCUT2D eigenvalue weighted by molar-refractivity contribution is 6.06. The van der Waals surface area contributed by atoms with E-state index in [0.29, 0.717) is 16.8 Å². The molecule has 0 spiro atoms. The second-order valence-electron chi connectivity index (χ2n) is 6.07. The van der Waals surface area contributed by atoms with Crippen LogP contribution in [0.3, 0.4) is 0 Å². The third-order valence-electron chi connectivity index (χ3n) is 4.66. The number of hydrogen-bond donors (Lipinski definition) is 1. The number of piperidine rings is 1.